The highest BCUT2D eigenvalue weighted by Gasteiger charge is 2.42. The monoisotopic (exact) mass is 359 g/mol. The number of carbonyl (C=O) groups is 1. The highest BCUT2D eigenvalue weighted by molar-refractivity contribution is 9.10. The van der Waals surface area contributed by atoms with Gasteiger partial charge < -0.3 is 0 Å². The summed E-state index contributed by atoms with van der Waals surface area (Å²) in [5.41, 5.74) is 3.12. The van der Waals surface area contributed by atoms with Crippen molar-refractivity contribution >= 4 is 27.9 Å². The molecule has 0 radical (unpaired) electrons. The number of aliphatic imine (C=N–C) groups is 1. The Labute approximate surface area is 138 Å². The van der Waals surface area contributed by atoms with E-state index < -0.39 is 0 Å². The summed E-state index contributed by atoms with van der Waals surface area (Å²) < 4.78 is 1.04. The van der Waals surface area contributed by atoms with Crippen molar-refractivity contribution in [3.8, 4) is 0 Å². The minimum Gasteiger partial charge on any atom is -0.294 e. The molecule has 0 fully saturated rings. The lowest BCUT2D eigenvalue weighted by atomic mass is 9.72. The van der Waals surface area contributed by atoms with Crippen LogP contribution in [0, 0.1) is 12.3 Å². The maximum atomic E-state index is 12.3. The van der Waals surface area contributed by atoms with Crippen LogP contribution in [0.4, 0.5) is 0 Å². The molecule has 1 aromatic carbocycles. The lowest BCUT2D eigenvalue weighted by Crippen LogP contribution is -2.31. The molecule has 1 heterocycles. The second kappa shape index (κ2) is 5.47. The zero-order chi connectivity index (χ0) is 15.9. The van der Waals surface area contributed by atoms with Gasteiger partial charge in [-0.2, -0.15) is 5.10 Å². The number of hydrogen-bond acceptors (Lipinski definition) is 3. The Balaban J connectivity index is 1.99. The van der Waals surface area contributed by atoms with E-state index in [9.17, 15) is 4.79 Å². The maximum absolute atomic E-state index is 12.3. The molecule has 5 heteroatoms. The van der Waals surface area contributed by atoms with Gasteiger partial charge in [0.15, 0.2) is 5.78 Å². The van der Waals surface area contributed by atoms with E-state index in [1.54, 1.807) is 0 Å². The fourth-order valence-electron chi connectivity index (χ4n) is 2.95. The van der Waals surface area contributed by atoms with Crippen molar-refractivity contribution in [2.45, 2.75) is 33.2 Å². The molecule has 1 aliphatic carbocycles. The van der Waals surface area contributed by atoms with Gasteiger partial charge in [0.05, 0.1) is 11.3 Å². The average molecular weight is 360 g/mol. The standard InChI is InChI=1S/C17H18BrN3O/c1-10-14-13(22)8-17(2,3)16(15(14)21-20-10)19-9-11-4-6-12(18)7-5-11/h4-7,9,16H,8H2,1-3H3,(H,20,21). The molecule has 0 aliphatic heterocycles. The molecule has 1 atom stereocenters. The first-order valence-electron chi connectivity index (χ1n) is 7.25. The first-order chi connectivity index (χ1) is 10.4. The molecule has 0 spiro atoms. The Morgan fingerprint density at radius 1 is 1.36 bits per heavy atom. The fourth-order valence-corrected chi connectivity index (χ4v) is 3.21. The first kappa shape index (κ1) is 15.2. The number of ketones is 1. The minimum atomic E-state index is -0.239. The quantitative estimate of drug-likeness (QED) is 0.814. The Bertz CT molecular complexity index is 744. The summed E-state index contributed by atoms with van der Waals surface area (Å²) in [6.07, 6.45) is 2.35. The van der Waals surface area contributed by atoms with Gasteiger partial charge in [0.2, 0.25) is 0 Å². The van der Waals surface area contributed by atoms with Crippen LogP contribution in [0.15, 0.2) is 33.7 Å². The van der Waals surface area contributed by atoms with Crippen molar-refractivity contribution in [3.63, 3.8) is 0 Å². The molecule has 22 heavy (non-hydrogen) atoms. The van der Waals surface area contributed by atoms with Gasteiger partial charge in [-0.1, -0.05) is 41.9 Å². The predicted octanol–water partition coefficient (Wildman–Crippen LogP) is 4.25. The van der Waals surface area contributed by atoms with Gasteiger partial charge in [-0.25, -0.2) is 0 Å². The molecule has 1 unspecified atom stereocenters. The van der Waals surface area contributed by atoms with Gasteiger partial charge >= 0.3 is 0 Å². The topological polar surface area (TPSA) is 58.1 Å². The van der Waals surface area contributed by atoms with Crippen molar-refractivity contribution in [3.05, 3.63) is 51.3 Å². The molecule has 0 amide bonds. The number of H-pyrrole nitrogens is 1. The molecular formula is C17H18BrN3O. The summed E-state index contributed by atoms with van der Waals surface area (Å²) in [5.74, 6) is 0.154. The van der Waals surface area contributed by atoms with Crippen molar-refractivity contribution < 1.29 is 4.79 Å². The third kappa shape index (κ3) is 2.65. The largest absolute Gasteiger partial charge is 0.294 e. The number of fused-ring (bicyclic) bond motifs is 1. The van der Waals surface area contributed by atoms with Crippen LogP contribution in [0.5, 0.6) is 0 Å². The summed E-state index contributed by atoms with van der Waals surface area (Å²) in [6.45, 7) is 6.03. The number of halogens is 1. The number of hydrogen-bond donors (Lipinski definition) is 1. The van der Waals surface area contributed by atoms with E-state index in [1.807, 2.05) is 37.4 Å². The zero-order valence-corrected chi connectivity index (χ0v) is 14.4. The van der Waals surface area contributed by atoms with Crippen molar-refractivity contribution in [1.29, 1.82) is 0 Å². The zero-order valence-electron chi connectivity index (χ0n) is 12.9. The molecule has 1 aliphatic rings. The number of nitrogens with zero attached hydrogens (tertiary/aromatic N) is 2. The minimum absolute atomic E-state index is 0.117. The van der Waals surface area contributed by atoms with E-state index in [0.717, 1.165) is 27.0 Å². The lowest BCUT2D eigenvalue weighted by Gasteiger charge is -2.34. The number of nitrogens with one attached hydrogen (secondary N) is 1. The van der Waals surface area contributed by atoms with Gasteiger partial charge in [0, 0.05) is 28.2 Å². The second-order valence-electron chi connectivity index (χ2n) is 6.43. The molecule has 3 rings (SSSR count). The fraction of sp³-hybridized carbons (Fsp3) is 0.353. The van der Waals surface area contributed by atoms with Crippen molar-refractivity contribution in [2.75, 3.05) is 0 Å². The number of benzene rings is 1. The summed E-state index contributed by atoms with van der Waals surface area (Å²) in [4.78, 5) is 17.1. The number of aromatic amines is 1. The van der Waals surface area contributed by atoms with Gasteiger partial charge in [0.1, 0.15) is 6.04 Å². The van der Waals surface area contributed by atoms with E-state index in [1.165, 1.54) is 0 Å². The molecule has 0 bridgehead atoms. The summed E-state index contributed by atoms with van der Waals surface area (Å²) in [5, 5.41) is 7.28. The van der Waals surface area contributed by atoms with Crippen LogP contribution < -0.4 is 0 Å². The lowest BCUT2D eigenvalue weighted by molar-refractivity contribution is 0.0884. The molecule has 2 aromatic rings. The van der Waals surface area contributed by atoms with Crippen LogP contribution in [-0.2, 0) is 0 Å². The highest BCUT2D eigenvalue weighted by atomic mass is 79.9. The van der Waals surface area contributed by atoms with Crippen LogP contribution in [0.1, 0.15) is 53.6 Å². The Morgan fingerprint density at radius 2 is 2.05 bits per heavy atom. The van der Waals surface area contributed by atoms with Crippen LogP contribution in [0.2, 0.25) is 0 Å². The van der Waals surface area contributed by atoms with Crippen molar-refractivity contribution in [1.82, 2.24) is 10.2 Å². The van der Waals surface area contributed by atoms with Gasteiger partial charge in [-0.05, 0) is 24.6 Å². The number of aryl methyl sites for hydroxylation is 1. The van der Waals surface area contributed by atoms with Gasteiger partial charge in [0.25, 0.3) is 0 Å². The highest BCUT2D eigenvalue weighted by Crippen LogP contribution is 2.45. The van der Waals surface area contributed by atoms with E-state index in [2.05, 4.69) is 40.0 Å². The molecule has 4 nitrogen and oxygen atoms in total. The summed E-state index contributed by atoms with van der Waals surface area (Å²) in [7, 11) is 0. The molecule has 1 N–H and O–H groups in total. The molecular weight excluding hydrogens is 342 g/mol. The first-order valence-corrected chi connectivity index (χ1v) is 8.04. The number of carbonyl (C=O) groups excluding carboxylic acids is 1. The van der Waals surface area contributed by atoms with Crippen molar-refractivity contribution in [2.24, 2.45) is 10.4 Å². The summed E-state index contributed by atoms with van der Waals surface area (Å²) >= 11 is 3.43. The third-order valence-corrected chi connectivity index (χ3v) is 4.64. The smallest absolute Gasteiger partial charge is 0.167 e. The molecule has 0 saturated heterocycles. The van der Waals surface area contributed by atoms with E-state index in [4.69, 9.17) is 4.99 Å². The van der Waals surface area contributed by atoms with E-state index in [-0.39, 0.29) is 17.2 Å². The number of rotatable bonds is 2. The van der Waals surface area contributed by atoms with E-state index >= 15 is 0 Å². The third-order valence-electron chi connectivity index (χ3n) is 4.11. The van der Waals surface area contributed by atoms with Gasteiger partial charge in [-0.15, -0.1) is 0 Å². The Hall–Kier alpha value is -1.75. The Kier molecular flexibility index (Phi) is 3.77. The molecule has 1 aromatic heterocycles. The number of aromatic nitrogens is 2. The van der Waals surface area contributed by atoms with E-state index in [0.29, 0.717) is 6.42 Å². The second-order valence-corrected chi connectivity index (χ2v) is 7.35. The molecule has 114 valence electrons. The normalized spacial score (nSPS) is 20.4. The van der Waals surface area contributed by atoms with Crippen LogP contribution in [0.25, 0.3) is 0 Å². The SMILES string of the molecule is Cc1[nH]nc2c1C(=O)CC(C)(C)C2N=Cc1ccc(Br)cc1. The van der Waals surface area contributed by atoms with Crippen LogP contribution >= 0.6 is 15.9 Å². The summed E-state index contributed by atoms with van der Waals surface area (Å²) in [6, 6.07) is 7.87. The van der Waals surface area contributed by atoms with Gasteiger partial charge in [-0.3, -0.25) is 14.9 Å². The predicted molar refractivity (Wildman–Crippen MR) is 90.5 cm³/mol. The molecule has 0 saturated carbocycles. The average Bonchev–Trinajstić information content (AvgIpc) is 2.82. The maximum Gasteiger partial charge on any atom is 0.167 e. The van der Waals surface area contributed by atoms with Crippen LogP contribution in [0.3, 0.4) is 0 Å². The Morgan fingerprint density at radius 3 is 2.73 bits per heavy atom. The number of Topliss-reactive ketones (excluding diaryl/α,β-unsaturated/α-hetero) is 1. The van der Waals surface area contributed by atoms with Crippen LogP contribution in [-0.4, -0.2) is 22.2 Å².